The molecule has 0 amide bonds. The maximum Gasteiger partial charge on any atom is 0.426 e. The number of rotatable bonds is 10. The van der Waals surface area contributed by atoms with E-state index in [1.807, 2.05) is 6.07 Å². The van der Waals surface area contributed by atoms with E-state index in [2.05, 4.69) is 0 Å². The molecule has 146 valence electrons. The molecular weight excluding hydrogens is 368 g/mol. The van der Waals surface area contributed by atoms with Crippen molar-refractivity contribution in [2.45, 2.75) is 25.4 Å². The standard InChI is InChI=1S/C21H19F2NO4/c22-21(23,28-19-9-4-16(5-10-19)6-13-20(25)26)17-7-11-18(12-8-17)27-15-3-1-2-14-24/h4-13H,1-3,15H2,(H,25,26)/b13-6+. The van der Waals surface area contributed by atoms with Crippen LogP contribution >= 0.6 is 0 Å². The van der Waals surface area contributed by atoms with Crippen molar-refractivity contribution >= 4 is 12.0 Å². The van der Waals surface area contributed by atoms with Crippen LogP contribution in [0, 0.1) is 11.3 Å². The lowest BCUT2D eigenvalue weighted by Crippen LogP contribution is -2.21. The summed E-state index contributed by atoms with van der Waals surface area (Å²) in [5.41, 5.74) is 0.230. The minimum absolute atomic E-state index is 0.0460. The van der Waals surface area contributed by atoms with E-state index < -0.39 is 12.1 Å². The number of aliphatic carboxylic acids is 1. The third-order valence-corrected chi connectivity index (χ3v) is 3.69. The molecule has 0 radical (unpaired) electrons. The molecule has 0 spiro atoms. The lowest BCUT2D eigenvalue weighted by Gasteiger charge is -2.18. The molecule has 2 aromatic rings. The molecule has 2 aromatic carbocycles. The zero-order valence-electron chi connectivity index (χ0n) is 15.0. The zero-order valence-corrected chi connectivity index (χ0v) is 15.0. The second-order valence-electron chi connectivity index (χ2n) is 5.85. The number of carboxylic acid groups (broad SMARTS) is 1. The van der Waals surface area contributed by atoms with Crippen LogP contribution in [-0.4, -0.2) is 17.7 Å². The van der Waals surface area contributed by atoms with Gasteiger partial charge in [0.05, 0.1) is 18.2 Å². The fourth-order valence-corrected chi connectivity index (χ4v) is 2.26. The lowest BCUT2D eigenvalue weighted by molar-refractivity contribution is -0.185. The Morgan fingerprint density at radius 3 is 2.32 bits per heavy atom. The third-order valence-electron chi connectivity index (χ3n) is 3.69. The van der Waals surface area contributed by atoms with Gasteiger partial charge in [0.25, 0.3) is 0 Å². The highest BCUT2D eigenvalue weighted by molar-refractivity contribution is 5.85. The molecular formula is C21H19F2NO4. The first-order chi connectivity index (χ1) is 13.4. The fourth-order valence-electron chi connectivity index (χ4n) is 2.26. The molecule has 28 heavy (non-hydrogen) atoms. The summed E-state index contributed by atoms with van der Waals surface area (Å²) >= 11 is 0. The average molecular weight is 387 g/mol. The van der Waals surface area contributed by atoms with E-state index >= 15 is 0 Å². The Balaban J connectivity index is 1.94. The van der Waals surface area contributed by atoms with E-state index in [0.29, 0.717) is 30.8 Å². The van der Waals surface area contributed by atoms with Crippen molar-refractivity contribution in [1.82, 2.24) is 0 Å². The predicted octanol–water partition coefficient (Wildman–Crippen LogP) is 4.99. The number of alkyl halides is 2. The van der Waals surface area contributed by atoms with Gasteiger partial charge in [-0.2, -0.15) is 14.0 Å². The summed E-state index contributed by atoms with van der Waals surface area (Å²) in [6, 6.07) is 13.0. The molecule has 0 unspecified atom stereocenters. The largest absolute Gasteiger partial charge is 0.494 e. The predicted molar refractivity (Wildman–Crippen MR) is 99.0 cm³/mol. The first-order valence-electron chi connectivity index (χ1n) is 8.59. The fraction of sp³-hybridized carbons (Fsp3) is 0.238. The Kier molecular flexibility index (Phi) is 7.52. The van der Waals surface area contributed by atoms with Crippen molar-refractivity contribution in [2.75, 3.05) is 6.61 Å². The number of nitriles is 1. The molecule has 0 aliphatic rings. The van der Waals surface area contributed by atoms with Gasteiger partial charge in [0.1, 0.15) is 11.5 Å². The van der Waals surface area contributed by atoms with Crippen LogP contribution in [-0.2, 0) is 10.9 Å². The number of carbonyl (C=O) groups is 1. The van der Waals surface area contributed by atoms with Gasteiger partial charge in [-0.15, -0.1) is 0 Å². The Morgan fingerprint density at radius 1 is 1.07 bits per heavy atom. The smallest absolute Gasteiger partial charge is 0.426 e. The van der Waals surface area contributed by atoms with E-state index in [-0.39, 0.29) is 11.3 Å². The Hall–Kier alpha value is -3.40. The van der Waals surface area contributed by atoms with Crippen molar-refractivity contribution < 1.29 is 28.2 Å². The number of unbranched alkanes of at least 4 members (excludes halogenated alkanes) is 2. The first kappa shape index (κ1) is 20.9. The van der Waals surface area contributed by atoms with E-state index in [1.165, 1.54) is 54.6 Å². The number of hydrogen-bond donors (Lipinski definition) is 1. The minimum atomic E-state index is -3.54. The summed E-state index contributed by atoms with van der Waals surface area (Å²) in [5.74, 6) is -0.678. The number of carboxylic acids is 1. The minimum Gasteiger partial charge on any atom is -0.494 e. The summed E-state index contributed by atoms with van der Waals surface area (Å²) in [6.45, 7) is 0.413. The number of ether oxygens (including phenoxy) is 2. The van der Waals surface area contributed by atoms with Crippen LogP contribution in [0.15, 0.2) is 54.6 Å². The molecule has 1 N–H and O–H groups in total. The van der Waals surface area contributed by atoms with Gasteiger partial charge in [-0.25, -0.2) is 4.79 Å². The van der Waals surface area contributed by atoms with Crippen molar-refractivity contribution in [3.8, 4) is 17.6 Å². The molecule has 0 saturated heterocycles. The lowest BCUT2D eigenvalue weighted by atomic mass is 10.2. The number of benzene rings is 2. The number of hydrogen-bond acceptors (Lipinski definition) is 4. The summed E-state index contributed by atoms with van der Waals surface area (Å²) in [6.07, 6.45) is 0.672. The highest BCUT2D eigenvalue weighted by Crippen LogP contribution is 2.32. The van der Waals surface area contributed by atoms with Crippen molar-refractivity contribution in [2.24, 2.45) is 0 Å². The summed E-state index contributed by atoms with van der Waals surface area (Å²) in [7, 11) is 0. The topological polar surface area (TPSA) is 79.5 Å². The van der Waals surface area contributed by atoms with Crippen molar-refractivity contribution in [3.63, 3.8) is 0 Å². The molecule has 0 bridgehead atoms. The van der Waals surface area contributed by atoms with E-state index in [9.17, 15) is 13.6 Å². The molecule has 0 heterocycles. The van der Waals surface area contributed by atoms with Crippen LogP contribution < -0.4 is 9.47 Å². The summed E-state index contributed by atoms with van der Waals surface area (Å²) in [5, 5.41) is 17.0. The molecule has 0 atom stereocenters. The van der Waals surface area contributed by atoms with Crippen molar-refractivity contribution in [1.29, 1.82) is 5.26 Å². The molecule has 7 heteroatoms. The highest BCUT2D eigenvalue weighted by Gasteiger charge is 2.34. The molecule has 5 nitrogen and oxygen atoms in total. The Labute approximate surface area is 161 Å². The first-order valence-corrected chi connectivity index (χ1v) is 8.59. The van der Waals surface area contributed by atoms with Gasteiger partial charge in [-0.05, 0) is 60.9 Å². The number of nitrogens with zero attached hydrogens (tertiary/aromatic N) is 1. The quantitative estimate of drug-likeness (QED) is 0.459. The molecule has 0 aliphatic carbocycles. The van der Waals surface area contributed by atoms with Crippen LogP contribution in [0.25, 0.3) is 6.08 Å². The summed E-state index contributed by atoms with van der Waals surface area (Å²) < 4.78 is 38.9. The number of halogens is 2. The van der Waals surface area contributed by atoms with Crippen LogP contribution in [0.5, 0.6) is 11.5 Å². The van der Waals surface area contributed by atoms with Gasteiger partial charge in [0, 0.05) is 12.5 Å². The third kappa shape index (κ3) is 6.72. The monoisotopic (exact) mass is 387 g/mol. The molecule has 0 saturated carbocycles. The Morgan fingerprint density at radius 2 is 1.71 bits per heavy atom. The van der Waals surface area contributed by atoms with E-state index in [1.54, 1.807) is 0 Å². The van der Waals surface area contributed by atoms with E-state index in [4.69, 9.17) is 19.8 Å². The summed E-state index contributed by atoms with van der Waals surface area (Å²) in [4.78, 5) is 10.5. The maximum atomic E-state index is 14.3. The van der Waals surface area contributed by atoms with Gasteiger partial charge in [0.2, 0.25) is 0 Å². The molecule has 2 rings (SSSR count). The highest BCUT2D eigenvalue weighted by atomic mass is 19.3. The zero-order chi connectivity index (χ0) is 20.4. The second-order valence-corrected chi connectivity index (χ2v) is 5.85. The Bertz CT molecular complexity index is 840. The van der Waals surface area contributed by atoms with Gasteiger partial charge in [-0.3, -0.25) is 0 Å². The second kappa shape index (κ2) is 10.1. The normalized spacial score (nSPS) is 11.2. The molecule has 0 aliphatic heterocycles. The van der Waals surface area contributed by atoms with E-state index in [0.717, 1.165) is 12.5 Å². The van der Waals surface area contributed by atoms with Gasteiger partial charge in [0.15, 0.2) is 0 Å². The van der Waals surface area contributed by atoms with Gasteiger partial charge >= 0.3 is 12.1 Å². The van der Waals surface area contributed by atoms with Crippen LogP contribution in [0.4, 0.5) is 8.78 Å². The SMILES string of the molecule is N#CCCCCOc1ccc(C(F)(F)Oc2ccc(/C=C/C(=O)O)cc2)cc1. The van der Waals surface area contributed by atoms with Gasteiger partial charge < -0.3 is 14.6 Å². The van der Waals surface area contributed by atoms with Crippen LogP contribution in [0.1, 0.15) is 30.4 Å². The van der Waals surface area contributed by atoms with Crippen LogP contribution in [0.3, 0.4) is 0 Å². The van der Waals surface area contributed by atoms with Crippen molar-refractivity contribution in [3.05, 3.63) is 65.7 Å². The average Bonchev–Trinajstić information content (AvgIpc) is 2.67. The molecule has 0 fully saturated rings. The van der Waals surface area contributed by atoms with Crippen LogP contribution in [0.2, 0.25) is 0 Å². The maximum absolute atomic E-state index is 14.3. The molecule has 0 aromatic heterocycles. The van der Waals surface area contributed by atoms with Gasteiger partial charge in [-0.1, -0.05) is 12.1 Å².